The van der Waals surface area contributed by atoms with Crippen LogP contribution >= 0.6 is 0 Å². The molecule has 86 valence electrons. The van der Waals surface area contributed by atoms with Gasteiger partial charge in [-0.05, 0) is 24.8 Å². The fraction of sp³-hybridized carbons (Fsp3) is 0.462. The minimum absolute atomic E-state index is 0.0245. The van der Waals surface area contributed by atoms with Gasteiger partial charge in [0.05, 0.1) is 0 Å². The van der Waals surface area contributed by atoms with E-state index in [-0.39, 0.29) is 5.91 Å². The van der Waals surface area contributed by atoms with E-state index >= 15 is 0 Å². The molecular weight excluding hydrogens is 200 g/mol. The van der Waals surface area contributed by atoms with E-state index < -0.39 is 6.04 Å². The molecule has 0 fully saturated rings. The fourth-order valence-electron chi connectivity index (χ4n) is 2.37. The number of allylic oxidation sites excluding steroid dienone is 1. The quantitative estimate of drug-likeness (QED) is 0.712. The molecule has 0 spiro atoms. The Kier molecular flexibility index (Phi) is 3.25. The third-order valence-electron chi connectivity index (χ3n) is 3.26. The zero-order valence-corrected chi connectivity index (χ0v) is 9.48. The summed E-state index contributed by atoms with van der Waals surface area (Å²) in [5.41, 5.74) is 8.42. The number of nitrogens with zero attached hydrogens (tertiary/aromatic N) is 1. The minimum Gasteiger partial charge on any atom is -0.337 e. The molecule has 16 heavy (non-hydrogen) atoms. The molecule has 1 aliphatic heterocycles. The Labute approximate surface area is 96.3 Å². The fourth-order valence-corrected chi connectivity index (χ4v) is 2.37. The summed E-state index contributed by atoms with van der Waals surface area (Å²) < 4.78 is 0. The van der Waals surface area contributed by atoms with Crippen molar-refractivity contribution in [1.29, 1.82) is 0 Å². The van der Waals surface area contributed by atoms with Gasteiger partial charge in [0.1, 0.15) is 6.04 Å². The maximum absolute atomic E-state index is 12.1. The number of nitrogens with two attached hydrogens (primary N) is 1. The Morgan fingerprint density at radius 3 is 3.12 bits per heavy atom. The van der Waals surface area contributed by atoms with Crippen LogP contribution in [-0.2, 0) is 4.79 Å². The molecule has 1 aliphatic carbocycles. The normalized spacial score (nSPS) is 25.4. The van der Waals surface area contributed by atoms with E-state index in [1.165, 1.54) is 5.57 Å². The second-order valence-corrected chi connectivity index (χ2v) is 4.30. The molecule has 1 unspecified atom stereocenters. The summed E-state index contributed by atoms with van der Waals surface area (Å²) >= 11 is 0. The van der Waals surface area contributed by atoms with Gasteiger partial charge in [-0.3, -0.25) is 4.79 Å². The molecule has 1 heterocycles. The molecule has 3 nitrogen and oxygen atoms in total. The summed E-state index contributed by atoms with van der Waals surface area (Å²) in [5.74, 6) is 0.0245. The van der Waals surface area contributed by atoms with E-state index in [1.807, 2.05) is 6.08 Å². The zero-order chi connectivity index (χ0) is 11.5. The summed E-state index contributed by atoms with van der Waals surface area (Å²) in [5, 5.41) is 0. The highest BCUT2D eigenvalue weighted by molar-refractivity contribution is 5.86. The number of carbonyl (C=O) groups is 1. The van der Waals surface area contributed by atoms with Crippen molar-refractivity contribution in [2.24, 2.45) is 5.73 Å². The molecule has 0 saturated carbocycles. The average molecular weight is 218 g/mol. The molecule has 0 aromatic rings. The lowest BCUT2D eigenvalue weighted by atomic mass is 9.92. The van der Waals surface area contributed by atoms with Crippen molar-refractivity contribution in [3.63, 3.8) is 0 Å². The number of carbonyl (C=O) groups excluding carboxylic acids is 1. The van der Waals surface area contributed by atoms with E-state index in [0.29, 0.717) is 6.54 Å². The van der Waals surface area contributed by atoms with Crippen LogP contribution in [0, 0.1) is 0 Å². The van der Waals surface area contributed by atoms with Gasteiger partial charge in [-0.15, -0.1) is 6.58 Å². The van der Waals surface area contributed by atoms with Crippen LogP contribution in [0.25, 0.3) is 0 Å². The van der Waals surface area contributed by atoms with Crippen LogP contribution in [-0.4, -0.2) is 29.9 Å². The van der Waals surface area contributed by atoms with Crippen molar-refractivity contribution in [1.82, 2.24) is 4.90 Å². The molecule has 0 aromatic carbocycles. The monoisotopic (exact) mass is 218 g/mol. The van der Waals surface area contributed by atoms with Crippen molar-refractivity contribution in [3.05, 3.63) is 36.0 Å². The van der Waals surface area contributed by atoms with E-state index in [9.17, 15) is 4.79 Å². The molecule has 2 aliphatic rings. The Morgan fingerprint density at radius 1 is 1.56 bits per heavy atom. The molecular formula is C13H18N2O. The molecule has 0 radical (unpaired) electrons. The number of rotatable bonds is 2. The Morgan fingerprint density at radius 2 is 2.38 bits per heavy atom. The number of hydrogen-bond acceptors (Lipinski definition) is 2. The van der Waals surface area contributed by atoms with Gasteiger partial charge < -0.3 is 10.6 Å². The first-order valence-corrected chi connectivity index (χ1v) is 5.77. The van der Waals surface area contributed by atoms with Gasteiger partial charge in [0.2, 0.25) is 5.91 Å². The summed E-state index contributed by atoms with van der Waals surface area (Å²) in [6, 6.07) is -0.478. The van der Waals surface area contributed by atoms with Crippen molar-refractivity contribution < 1.29 is 4.79 Å². The van der Waals surface area contributed by atoms with Gasteiger partial charge in [-0.1, -0.05) is 23.8 Å². The van der Waals surface area contributed by atoms with Crippen molar-refractivity contribution in [2.45, 2.75) is 25.3 Å². The topological polar surface area (TPSA) is 46.3 Å². The van der Waals surface area contributed by atoms with Crippen molar-refractivity contribution >= 4 is 5.91 Å². The summed E-state index contributed by atoms with van der Waals surface area (Å²) in [6.07, 6.45) is 8.96. The van der Waals surface area contributed by atoms with Crippen LogP contribution in [0.1, 0.15) is 19.3 Å². The highest BCUT2D eigenvalue weighted by Gasteiger charge is 2.28. The lowest BCUT2D eigenvalue weighted by molar-refractivity contribution is -0.130. The number of amides is 1. The van der Waals surface area contributed by atoms with E-state index in [1.54, 1.807) is 11.0 Å². The SMILES string of the molecule is C=CCN1CCC2=C(C=CCC2)C(N)C1=O. The maximum Gasteiger partial charge on any atom is 0.244 e. The number of hydrogen-bond donors (Lipinski definition) is 1. The first-order valence-electron chi connectivity index (χ1n) is 5.77. The molecule has 3 heteroatoms. The predicted molar refractivity (Wildman–Crippen MR) is 64.8 cm³/mol. The van der Waals surface area contributed by atoms with Crippen molar-refractivity contribution in [3.8, 4) is 0 Å². The second kappa shape index (κ2) is 4.66. The highest BCUT2D eigenvalue weighted by Crippen LogP contribution is 2.27. The largest absolute Gasteiger partial charge is 0.337 e. The third-order valence-corrected chi connectivity index (χ3v) is 3.26. The van der Waals surface area contributed by atoms with Crippen LogP contribution in [0.5, 0.6) is 0 Å². The molecule has 1 atom stereocenters. The van der Waals surface area contributed by atoms with Crippen LogP contribution in [0.2, 0.25) is 0 Å². The molecule has 0 saturated heterocycles. The molecule has 2 rings (SSSR count). The zero-order valence-electron chi connectivity index (χ0n) is 9.48. The van der Waals surface area contributed by atoms with Gasteiger partial charge in [0, 0.05) is 13.1 Å². The van der Waals surface area contributed by atoms with Crippen LogP contribution in [0.15, 0.2) is 36.0 Å². The van der Waals surface area contributed by atoms with Crippen LogP contribution in [0.4, 0.5) is 0 Å². The third kappa shape index (κ3) is 1.95. The first-order chi connectivity index (χ1) is 7.74. The van der Waals surface area contributed by atoms with Gasteiger partial charge >= 0.3 is 0 Å². The highest BCUT2D eigenvalue weighted by atomic mass is 16.2. The smallest absolute Gasteiger partial charge is 0.244 e. The van der Waals surface area contributed by atoms with Gasteiger partial charge in [-0.2, -0.15) is 0 Å². The Hall–Kier alpha value is -1.35. The van der Waals surface area contributed by atoms with Gasteiger partial charge in [0.25, 0.3) is 0 Å². The maximum atomic E-state index is 12.1. The molecule has 0 aromatic heterocycles. The molecule has 2 N–H and O–H groups in total. The van der Waals surface area contributed by atoms with Gasteiger partial charge in [-0.25, -0.2) is 0 Å². The van der Waals surface area contributed by atoms with Crippen LogP contribution in [0.3, 0.4) is 0 Å². The molecule has 1 amide bonds. The minimum atomic E-state index is -0.478. The summed E-state index contributed by atoms with van der Waals surface area (Å²) in [4.78, 5) is 13.9. The van der Waals surface area contributed by atoms with Crippen molar-refractivity contribution in [2.75, 3.05) is 13.1 Å². The van der Waals surface area contributed by atoms with Gasteiger partial charge in [0.15, 0.2) is 0 Å². The van der Waals surface area contributed by atoms with E-state index in [4.69, 9.17) is 5.73 Å². The standard InChI is InChI=1S/C13H18N2O/c1-2-8-15-9-7-10-5-3-4-6-11(10)12(14)13(15)16/h2,4,6,12H,1,3,5,7-9,14H2. The Bertz CT molecular complexity index is 368. The summed E-state index contributed by atoms with van der Waals surface area (Å²) in [6.45, 7) is 5.04. The lowest BCUT2D eigenvalue weighted by Gasteiger charge is -2.21. The van der Waals surface area contributed by atoms with Crippen LogP contribution < -0.4 is 5.73 Å². The predicted octanol–water partition coefficient (Wildman–Crippen LogP) is 1.38. The molecule has 0 bridgehead atoms. The first kappa shape index (κ1) is 11.1. The second-order valence-electron chi connectivity index (χ2n) is 4.30. The average Bonchev–Trinajstić information content (AvgIpc) is 2.43. The summed E-state index contributed by atoms with van der Waals surface area (Å²) in [7, 11) is 0. The lowest BCUT2D eigenvalue weighted by Crippen LogP contribution is -2.43. The Balaban J connectivity index is 2.24. The van der Waals surface area contributed by atoms with E-state index in [2.05, 4.69) is 12.7 Å². The van der Waals surface area contributed by atoms with E-state index in [0.717, 1.165) is 31.4 Å².